The van der Waals surface area contributed by atoms with E-state index in [-0.39, 0.29) is 0 Å². The first-order valence-corrected chi connectivity index (χ1v) is 5.86. The van der Waals surface area contributed by atoms with Crippen LogP contribution in [0.5, 0.6) is 11.5 Å². The van der Waals surface area contributed by atoms with E-state index in [4.69, 9.17) is 9.47 Å². The van der Waals surface area contributed by atoms with Gasteiger partial charge in [0.15, 0.2) is 11.5 Å². The molecule has 88 valence electrons. The van der Waals surface area contributed by atoms with Gasteiger partial charge in [0.05, 0.1) is 13.7 Å². The van der Waals surface area contributed by atoms with Gasteiger partial charge < -0.3 is 14.8 Å². The van der Waals surface area contributed by atoms with E-state index < -0.39 is 0 Å². The highest BCUT2D eigenvalue weighted by Gasteiger charge is 2.18. The van der Waals surface area contributed by atoms with Gasteiger partial charge in [-0.15, -0.1) is 0 Å². The summed E-state index contributed by atoms with van der Waals surface area (Å²) in [5, 5.41) is 3.38. The molecule has 1 aromatic rings. The zero-order valence-electron chi connectivity index (χ0n) is 9.95. The van der Waals surface area contributed by atoms with Gasteiger partial charge in [0.25, 0.3) is 0 Å². The molecule has 0 saturated carbocycles. The second-order valence-electron chi connectivity index (χ2n) is 4.03. The number of hydrogen-bond acceptors (Lipinski definition) is 3. The molecule has 1 unspecified atom stereocenters. The van der Waals surface area contributed by atoms with Crippen molar-refractivity contribution in [3.05, 3.63) is 23.8 Å². The van der Waals surface area contributed by atoms with Crippen molar-refractivity contribution in [2.45, 2.75) is 19.3 Å². The van der Waals surface area contributed by atoms with Crippen molar-refractivity contribution < 1.29 is 9.47 Å². The molecule has 0 aromatic heterocycles. The van der Waals surface area contributed by atoms with Crippen LogP contribution in [0, 0.1) is 0 Å². The van der Waals surface area contributed by atoms with Gasteiger partial charge in [0.2, 0.25) is 0 Å². The van der Waals surface area contributed by atoms with E-state index >= 15 is 0 Å². The van der Waals surface area contributed by atoms with Gasteiger partial charge in [-0.2, -0.15) is 0 Å². The first kappa shape index (κ1) is 11.3. The highest BCUT2D eigenvalue weighted by atomic mass is 16.5. The minimum Gasteiger partial charge on any atom is -0.493 e. The standard InChI is InChI=1S/C13H19NO2/c1-3-16-13-8-10(4-5-12(13)15-2)11-6-7-14-9-11/h4-5,8,11,14H,3,6-7,9H2,1-2H3. The van der Waals surface area contributed by atoms with Gasteiger partial charge in [-0.1, -0.05) is 6.07 Å². The van der Waals surface area contributed by atoms with Crippen LogP contribution in [-0.4, -0.2) is 26.8 Å². The first-order valence-electron chi connectivity index (χ1n) is 5.86. The Bertz CT molecular complexity index is 346. The maximum atomic E-state index is 5.58. The monoisotopic (exact) mass is 221 g/mol. The Morgan fingerprint density at radius 2 is 2.25 bits per heavy atom. The molecule has 0 spiro atoms. The lowest BCUT2D eigenvalue weighted by atomic mass is 9.98. The third kappa shape index (κ3) is 2.30. The fourth-order valence-corrected chi connectivity index (χ4v) is 2.15. The summed E-state index contributed by atoms with van der Waals surface area (Å²) in [6.07, 6.45) is 1.21. The van der Waals surface area contributed by atoms with Gasteiger partial charge in [-0.05, 0) is 43.5 Å². The number of ether oxygens (including phenoxy) is 2. The van der Waals surface area contributed by atoms with Crippen molar-refractivity contribution in [3.63, 3.8) is 0 Å². The quantitative estimate of drug-likeness (QED) is 0.845. The van der Waals surface area contributed by atoms with Crippen molar-refractivity contribution in [2.24, 2.45) is 0 Å². The molecule has 16 heavy (non-hydrogen) atoms. The van der Waals surface area contributed by atoms with E-state index in [9.17, 15) is 0 Å². The Morgan fingerprint density at radius 1 is 1.38 bits per heavy atom. The Labute approximate surface area is 96.8 Å². The smallest absolute Gasteiger partial charge is 0.161 e. The number of methoxy groups -OCH3 is 1. The summed E-state index contributed by atoms with van der Waals surface area (Å²) in [7, 11) is 1.68. The van der Waals surface area contributed by atoms with Crippen LogP contribution in [0.25, 0.3) is 0 Å². The lowest BCUT2D eigenvalue weighted by Gasteiger charge is -2.14. The van der Waals surface area contributed by atoms with Gasteiger partial charge in [0, 0.05) is 6.54 Å². The lowest BCUT2D eigenvalue weighted by molar-refractivity contribution is 0.310. The molecule has 3 heteroatoms. The molecular weight excluding hydrogens is 202 g/mol. The van der Waals surface area contributed by atoms with Crippen molar-refractivity contribution in [2.75, 3.05) is 26.8 Å². The van der Waals surface area contributed by atoms with E-state index in [1.807, 2.05) is 13.0 Å². The van der Waals surface area contributed by atoms with Crippen molar-refractivity contribution in [1.29, 1.82) is 0 Å². The van der Waals surface area contributed by atoms with Gasteiger partial charge in [-0.3, -0.25) is 0 Å². The number of benzene rings is 1. The second-order valence-corrected chi connectivity index (χ2v) is 4.03. The average molecular weight is 221 g/mol. The zero-order chi connectivity index (χ0) is 11.4. The Kier molecular flexibility index (Phi) is 3.67. The molecule has 2 rings (SSSR count). The SMILES string of the molecule is CCOc1cc(C2CCNC2)ccc1OC. The van der Waals surface area contributed by atoms with E-state index in [1.54, 1.807) is 7.11 Å². The molecule has 1 fully saturated rings. The molecule has 0 radical (unpaired) electrons. The highest BCUT2D eigenvalue weighted by molar-refractivity contribution is 5.44. The predicted octanol–water partition coefficient (Wildman–Crippen LogP) is 2.17. The first-order chi connectivity index (χ1) is 7.85. The largest absolute Gasteiger partial charge is 0.493 e. The van der Waals surface area contributed by atoms with Crippen LogP contribution in [0.4, 0.5) is 0 Å². The summed E-state index contributed by atoms with van der Waals surface area (Å²) in [4.78, 5) is 0. The molecule has 1 saturated heterocycles. The third-order valence-corrected chi connectivity index (χ3v) is 3.02. The number of rotatable bonds is 4. The summed E-state index contributed by atoms with van der Waals surface area (Å²) in [6.45, 7) is 4.84. The molecule has 3 nitrogen and oxygen atoms in total. The van der Waals surface area contributed by atoms with Crippen molar-refractivity contribution >= 4 is 0 Å². The predicted molar refractivity (Wildman–Crippen MR) is 64.4 cm³/mol. The third-order valence-electron chi connectivity index (χ3n) is 3.02. The minimum absolute atomic E-state index is 0.616. The Morgan fingerprint density at radius 3 is 2.88 bits per heavy atom. The van der Waals surface area contributed by atoms with Crippen LogP contribution in [0.3, 0.4) is 0 Å². The van der Waals surface area contributed by atoms with E-state index in [0.717, 1.165) is 24.6 Å². The van der Waals surface area contributed by atoms with E-state index in [1.165, 1.54) is 12.0 Å². The van der Waals surface area contributed by atoms with Crippen LogP contribution in [0.15, 0.2) is 18.2 Å². The molecule has 1 N–H and O–H groups in total. The molecule has 1 aliphatic heterocycles. The molecular formula is C13H19NO2. The van der Waals surface area contributed by atoms with Crippen LogP contribution < -0.4 is 14.8 Å². The molecule has 1 aliphatic rings. The van der Waals surface area contributed by atoms with Crippen molar-refractivity contribution in [3.8, 4) is 11.5 Å². The van der Waals surface area contributed by atoms with Crippen LogP contribution in [0.2, 0.25) is 0 Å². The maximum absolute atomic E-state index is 5.58. The second kappa shape index (κ2) is 5.21. The zero-order valence-corrected chi connectivity index (χ0v) is 9.95. The Hall–Kier alpha value is -1.22. The summed E-state index contributed by atoms with van der Waals surface area (Å²) in [5.74, 6) is 2.29. The van der Waals surface area contributed by atoms with Gasteiger partial charge in [-0.25, -0.2) is 0 Å². The molecule has 1 atom stereocenters. The van der Waals surface area contributed by atoms with Crippen LogP contribution >= 0.6 is 0 Å². The minimum atomic E-state index is 0.616. The van der Waals surface area contributed by atoms with Crippen LogP contribution in [0.1, 0.15) is 24.8 Å². The fourth-order valence-electron chi connectivity index (χ4n) is 2.15. The van der Waals surface area contributed by atoms with Gasteiger partial charge in [0.1, 0.15) is 0 Å². The summed E-state index contributed by atoms with van der Waals surface area (Å²) in [6, 6.07) is 6.25. The molecule has 1 aromatic carbocycles. The summed E-state index contributed by atoms with van der Waals surface area (Å²) in [5.41, 5.74) is 1.34. The molecule has 0 bridgehead atoms. The average Bonchev–Trinajstić information content (AvgIpc) is 2.83. The maximum Gasteiger partial charge on any atom is 0.161 e. The van der Waals surface area contributed by atoms with Gasteiger partial charge >= 0.3 is 0 Å². The fraction of sp³-hybridized carbons (Fsp3) is 0.538. The van der Waals surface area contributed by atoms with Crippen LogP contribution in [-0.2, 0) is 0 Å². The lowest BCUT2D eigenvalue weighted by Crippen LogP contribution is -2.08. The van der Waals surface area contributed by atoms with Crippen molar-refractivity contribution in [1.82, 2.24) is 5.32 Å². The van der Waals surface area contributed by atoms with E-state index in [2.05, 4.69) is 17.4 Å². The molecule has 1 heterocycles. The Balaban J connectivity index is 2.23. The topological polar surface area (TPSA) is 30.5 Å². The summed E-state index contributed by atoms with van der Waals surface area (Å²) < 4.78 is 10.9. The highest BCUT2D eigenvalue weighted by Crippen LogP contribution is 2.32. The van der Waals surface area contributed by atoms with E-state index in [0.29, 0.717) is 12.5 Å². The number of nitrogens with one attached hydrogen (secondary N) is 1. The summed E-state index contributed by atoms with van der Waals surface area (Å²) >= 11 is 0. The number of hydrogen-bond donors (Lipinski definition) is 1. The normalized spacial score (nSPS) is 19.8. The molecule has 0 aliphatic carbocycles. The molecule has 0 amide bonds.